The van der Waals surface area contributed by atoms with Gasteiger partial charge in [-0.1, -0.05) is 117 Å². The average Bonchev–Trinajstić information content (AvgIpc) is 3.99. The lowest BCUT2D eigenvalue weighted by Crippen LogP contribution is -2.34. The largest absolute Gasteiger partial charge is 0.306 e. The second-order valence-corrected chi connectivity index (χ2v) is 18.2. The summed E-state index contributed by atoms with van der Waals surface area (Å²) in [6, 6.07) is 18.8. The van der Waals surface area contributed by atoms with Gasteiger partial charge in [-0.25, -0.2) is 8.78 Å². The third kappa shape index (κ3) is 9.38. The fourth-order valence-electron chi connectivity index (χ4n) is 8.08. The van der Waals surface area contributed by atoms with Crippen molar-refractivity contribution in [2.45, 2.75) is 125 Å². The van der Waals surface area contributed by atoms with Gasteiger partial charge in [0.25, 0.3) is 11.8 Å². The molecular weight excluding hydrogens is 751 g/mol. The summed E-state index contributed by atoms with van der Waals surface area (Å²) in [6.45, 7) is 13.9. The number of nitrogens with zero attached hydrogens (tertiary/aromatic N) is 2. The smallest absolute Gasteiger partial charge is 0.261 e. The van der Waals surface area contributed by atoms with Crippen LogP contribution in [-0.2, 0) is 22.4 Å². The zero-order valence-electron chi connectivity index (χ0n) is 34.8. The summed E-state index contributed by atoms with van der Waals surface area (Å²) in [6.07, 6.45) is 13.1. The van der Waals surface area contributed by atoms with E-state index < -0.39 is 0 Å². The zero-order chi connectivity index (χ0) is 40.6. The molecule has 0 fully saturated rings. The van der Waals surface area contributed by atoms with Crippen LogP contribution in [0.5, 0.6) is 0 Å². The third-order valence-electron chi connectivity index (χ3n) is 11.8. The van der Waals surface area contributed by atoms with Crippen LogP contribution in [0.1, 0.15) is 133 Å². The molecule has 0 spiro atoms. The minimum absolute atomic E-state index is 0.167. The number of fused-ring (bicyclic) bond motifs is 1. The number of hydrogen-bond donors (Lipinski definition) is 0. The van der Waals surface area contributed by atoms with Crippen LogP contribution >= 0.6 is 22.7 Å². The fourth-order valence-corrected chi connectivity index (χ4v) is 10.3. The highest BCUT2D eigenvalue weighted by atomic mass is 32.1. The lowest BCUT2D eigenvalue weighted by atomic mass is 9.98. The highest BCUT2D eigenvalue weighted by Crippen LogP contribution is 2.50. The van der Waals surface area contributed by atoms with E-state index in [1.807, 2.05) is 53.4 Å². The van der Waals surface area contributed by atoms with Crippen molar-refractivity contribution in [1.82, 2.24) is 9.80 Å². The van der Waals surface area contributed by atoms with Crippen LogP contribution in [-0.4, -0.2) is 34.7 Å². The Morgan fingerprint density at radius 3 is 1.44 bits per heavy atom. The summed E-state index contributed by atoms with van der Waals surface area (Å²) in [5.41, 5.74) is 5.16. The first-order valence-electron chi connectivity index (χ1n) is 21.5. The van der Waals surface area contributed by atoms with Crippen molar-refractivity contribution in [2.24, 2.45) is 11.8 Å². The van der Waals surface area contributed by atoms with E-state index in [1.54, 1.807) is 17.0 Å². The van der Waals surface area contributed by atoms with Crippen LogP contribution < -0.4 is 0 Å². The normalized spacial score (nSPS) is 15.4. The third-order valence-corrected chi connectivity index (χ3v) is 14.0. The van der Waals surface area contributed by atoms with Crippen molar-refractivity contribution in [3.05, 3.63) is 104 Å². The van der Waals surface area contributed by atoms with E-state index in [2.05, 4.69) is 41.5 Å². The van der Waals surface area contributed by atoms with Gasteiger partial charge in [0.1, 0.15) is 11.6 Å². The van der Waals surface area contributed by atoms with Gasteiger partial charge in [0.15, 0.2) is 0 Å². The number of carbonyl (C=O) groups is 2. The molecule has 4 aromatic rings. The Labute approximate surface area is 347 Å². The SMILES string of the molecule is CCCCCc1ccc(-c2ccc(C3=C4C(=O)N(CC(CC)CCCC)C(c5ccc(-c6ccc(CCCCC)cc6F)s5)=C4C(=O)N3CC(C)CC)s2)c(F)c1. The summed E-state index contributed by atoms with van der Waals surface area (Å²) in [7, 11) is 0. The number of amides is 2. The number of halogens is 2. The van der Waals surface area contributed by atoms with Crippen LogP contribution in [0.25, 0.3) is 32.3 Å². The van der Waals surface area contributed by atoms with Crippen molar-refractivity contribution in [3.8, 4) is 20.9 Å². The summed E-state index contributed by atoms with van der Waals surface area (Å²) in [5, 5.41) is 0. The summed E-state index contributed by atoms with van der Waals surface area (Å²) < 4.78 is 31.4. The Balaban J connectivity index is 1.45. The van der Waals surface area contributed by atoms with Gasteiger partial charge in [-0.2, -0.15) is 0 Å². The molecule has 4 heterocycles. The van der Waals surface area contributed by atoms with Gasteiger partial charge in [0.05, 0.1) is 32.3 Å². The molecule has 0 saturated carbocycles. The number of carbonyl (C=O) groups excluding carboxylic acids is 2. The van der Waals surface area contributed by atoms with Crippen molar-refractivity contribution < 1.29 is 18.4 Å². The monoisotopic (exact) mass is 810 g/mol. The Kier molecular flexibility index (Phi) is 14.8. The minimum atomic E-state index is -0.256. The standard InChI is InChI=1S/C49H60F2N2O2S2/c1-7-12-15-18-34-20-22-36(38(50)28-34)40-24-26-42(56-40)46-44-45(48(54)52(46)30-32(6)10-4)47(53(49(44)55)31-33(11-5)17-14-9-3)43-27-25-41(57-43)37-23-21-35(29-39(37)51)19-16-13-8-2/h20-29,32-33H,7-19,30-31H2,1-6H3. The molecular formula is C49H60F2N2O2S2. The maximum atomic E-state index is 15.7. The van der Waals surface area contributed by atoms with E-state index in [0.717, 1.165) is 114 Å². The molecule has 4 nitrogen and oxygen atoms in total. The van der Waals surface area contributed by atoms with E-state index in [9.17, 15) is 4.79 Å². The van der Waals surface area contributed by atoms with Gasteiger partial charge in [-0.3, -0.25) is 9.59 Å². The first-order chi connectivity index (χ1) is 27.6. The molecule has 2 amide bonds. The van der Waals surface area contributed by atoms with Crippen LogP contribution in [0.15, 0.2) is 71.8 Å². The number of benzene rings is 2. The van der Waals surface area contributed by atoms with Crippen LogP contribution in [0.3, 0.4) is 0 Å². The van der Waals surface area contributed by atoms with E-state index in [0.29, 0.717) is 46.8 Å². The minimum Gasteiger partial charge on any atom is -0.306 e. The molecule has 304 valence electrons. The van der Waals surface area contributed by atoms with Crippen molar-refractivity contribution >= 4 is 45.9 Å². The molecule has 0 radical (unpaired) electrons. The first-order valence-corrected chi connectivity index (χ1v) is 23.2. The lowest BCUT2D eigenvalue weighted by Gasteiger charge is -2.28. The molecule has 8 heteroatoms. The van der Waals surface area contributed by atoms with Gasteiger partial charge < -0.3 is 9.80 Å². The highest BCUT2D eigenvalue weighted by Gasteiger charge is 2.50. The molecule has 6 rings (SSSR count). The predicted molar refractivity (Wildman–Crippen MR) is 236 cm³/mol. The Morgan fingerprint density at radius 1 is 0.561 bits per heavy atom. The molecule has 2 unspecified atom stereocenters. The van der Waals surface area contributed by atoms with Gasteiger partial charge in [-0.15, -0.1) is 22.7 Å². The van der Waals surface area contributed by atoms with E-state index in [1.165, 1.54) is 22.7 Å². The topological polar surface area (TPSA) is 40.6 Å². The molecule has 0 saturated heterocycles. The van der Waals surface area contributed by atoms with Gasteiger partial charge in [-0.05, 0) is 91.5 Å². The maximum absolute atomic E-state index is 15.7. The molecule has 2 aromatic carbocycles. The van der Waals surface area contributed by atoms with E-state index >= 15 is 13.6 Å². The predicted octanol–water partition coefficient (Wildman–Crippen LogP) is 14.0. The maximum Gasteiger partial charge on any atom is 0.261 e. The number of unbranched alkanes of at least 4 members (excludes halogenated alkanes) is 5. The van der Waals surface area contributed by atoms with E-state index in [4.69, 9.17) is 0 Å². The molecule has 0 aliphatic carbocycles. The van der Waals surface area contributed by atoms with Crippen LogP contribution in [0.2, 0.25) is 0 Å². The second-order valence-electron chi connectivity index (χ2n) is 16.1. The molecule has 2 aromatic heterocycles. The second kappa shape index (κ2) is 19.7. The highest BCUT2D eigenvalue weighted by molar-refractivity contribution is 7.17. The fraction of sp³-hybridized carbons (Fsp3) is 0.469. The first kappa shape index (κ1) is 42.7. The Morgan fingerprint density at radius 2 is 1.02 bits per heavy atom. The Bertz CT molecular complexity index is 2110. The molecule has 0 N–H and O–H groups in total. The summed E-state index contributed by atoms with van der Waals surface area (Å²) >= 11 is 2.87. The number of thiophene rings is 2. The number of rotatable bonds is 21. The van der Waals surface area contributed by atoms with E-state index in [-0.39, 0.29) is 35.3 Å². The van der Waals surface area contributed by atoms with Gasteiger partial charge in [0, 0.05) is 34.0 Å². The molecule has 0 bridgehead atoms. The summed E-state index contributed by atoms with van der Waals surface area (Å²) in [5.74, 6) is -0.403. The van der Waals surface area contributed by atoms with Gasteiger partial charge >= 0.3 is 0 Å². The Hall–Kier alpha value is -3.88. The average molecular weight is 811 g/mol. The zero-order valence-corrected chi connectivity index (χ0v) is 36.5. The quantitative estimate of drug-likeness (QED) is 0.0787. The van der Waals surface area contributed by atoms with Crippen molar-refractivity contribution in [2.75, 3.05) is 13.1 Å². The van der Waals surface area contributed by atoms with Gasteiger partial charge in [0.2, 0.25) is 0 Å². The van der Waals surface area contributed by atoms with Crippen LogP contribution in [0.4, 0.5) is 8.78 Å². The van der Waals surface area contributed by atoms with Crippen LogP contribution in [0, 0.1) is 23.5 Å². The molecule has 57 heavy (non-hydrogen) atoms. The van der Waals surface area contributed by atoms with Crippen molar-refractivity contribution in [3.63, 3.8) is 0 Å². The number of hydrogen-bond acceptors (Lipinski definition) is 4. The summed E-state index contributed by atoms with van der Waals surface area (Å²) in [4.78, 5) is 36.7. The van der Waals surface area contributed by atoms with Crippen molar-refractivity contribution in [1.29, 1.82) is 0 Å². The molecule has 2 aliphatic rings. The number of aryl methyl sites for hydroxylation is 2. The molecule has 2 aliphatic heterocycles. The molecule has 2 atom stereocenters. The lowest BCUT2D eigenvalue weighted by molar-refractivity contribution is -0.124.